The van der Waals surface area contributed by atoms with Gasteiger partial charge in [0, 0.05) is 50.2 Å². The van der Waals surface area contributed by atoms with E-state index in [0.29, 0.717) is 12.7 Å². The summed E-state index contributed by atoms with van der Waals surface area (Å²) in [5.41, 5.74) is 2.38. The molecule has 1 aliphatic rings. The Morgan fingerprint density at radius 2 is 1.82 bits per heavy atom. The van der Waals surface area contributed by atoms with E-state index in [0.717, 1.165) is 42.3 Å². The van der Waals surface area contributed by atoms with Gasteiger partial charge in [0.25, 0.3) is 0 Å². The molecule has 0 unspecified atom stereocenters. The zero-order valence-electron chi connectivity index (χ0n) is 16.4. The Labute approximate surface area is 171 Å². The summed E-state index contributed by atoms with van der Waals surface area (Å²) in [7, 11) is 2.19. The summed E-state index contributed by atoms with van der Waals surface area (Å²) >= 11 is 5.77. The van der Waals surface area contributed by atoms with Crippen molar-refractivity contribution in [1.29, 1.82) is 0 Å². The molecule has 1 aromatic carbocycles. The molecule has 0 bridgehead atoms. The molecule has 3 heterocycles. The number of nitrogens with zero attached hydrogens (tertiary/aromatic N) is 6. The van der Waals surface area contributed by atoms with Gasteiger partial charge in [0.15, 0.2) is 10.6 Å². The lowest BCUT2D eigenvalue weighted by molar-refractivity contribution is 0.0582. The van der Waals surface area contributed by atoms with Crippen molar-refractivity contribution in [2.45, 2.75) is 26.2 Å². The van der Waals surface area contributed by atoms with Crippen LogP contribution in [0, 0.1) is 4.77 Å². The van der Waals surface area contributed by atoms with Crippen LogP contribution in [0.1, 0.15) is 18.5 Å². The highest BCUT2D eigenvalue weighted by Gasteiger charge is 2.27. The molecule has 0 saturated carbocycles. The SMILES string of the molecule is CCn1c(-c2ccncc2)nn(CN2CCN(C)C[C@H]2c2ccccc2)c1=S. The lowest BCUT2D eigenvalue weighted by Crippen LogP contribution is -2.47. The van der Waals surface area contributed by atoms with Crippen molar-refractivity contribution in [3.05, 3.63) is 65.2 Å². The molecule has 146 valence electrons. The van der Waals surface area contributed by atoms with Crippen molar-refractivity contribution < 1.29 is 0 Å². The van der Waals surface area contributed by atoms with E-state index in [4.69, 9.17) is 17.3 Å². The van der Waals surface area contributed by atoms with Crippen LogP contribution >= 0.6 is 12.2 Å². The topological polar surface area (TPSA) is 42.1 Å². The molecule has 1 atom stereocenters. The fourth-order valence-electron chi connectivity index (χ4n) is 3.82. The number of benzene rings is 1. The highest BCUT2D eigenvalue weighted by atomic mass is 32.1. The second kappa shape index (κ2) is 8.34. The molecule has 0 amide bonds. The minimum absolute atomic E-state index is 0.331. The monoisotopic (exact) mass is 394 g/mol. The molecule has 1 fully saturated rings. The van der Waals surface area contributed by atoms with Crippen molar-refractivity contribution in [3.63, 3.8) is 0 Å². The van der Waals surface area contributed by atoms with Gasteiger partial charge in [-0.3, -0.25) is 9.88 Å². The smallest absolute Gasteiger partial charge is 0.199 e. The fourth-order valence-corrected chi connectivity index (χ4v) is 4.14. The number of hydrogen-bond donors (Lipinski definition) is 0. The van der Waals surface area contributed by atoms with Gasteiger partial charge in [-0.25, -0.2) is 4.68 Å². The number of likely N-dealkylation sites (N-methyl/N-ethyl adjacent to an activating group) is 1. The van der Waals surface area contributed by atoms with Gasteiger partial charge in [0.1, 0.15) is 0 Å². The second-order valence-corrected chi connectivity index (χ2v) is 7.59. The summed E-state index contributed by atoms with van der Waals surface area (Å²) in [5.74, 6) is 0.903. The highest BCUT2D eigenvalue weighted by molar-refractivity contribution is 7.71. The quantitative estimate of drug-likeness (QED) is 0.620. The first-order valence-electron chi connectivity index (χ1n) is 9.73. The van der Waals surface area contributed by atoms with Crippen molar-refractivity contribution in [2.75, 3.05) is 26.7 Å². The summed E-state index contributed by atoms with van der Waals surface area (Å²) in [6.45, 7) is 6.63. The third-order valence-corrected chi connectivity index (χ3v) is 5.80. The molecule has 0 radical (unpaired) electrons. The predicted octanol–water partition coefficient (Wildman–Crippen LogP) is 3.44. The third-order valence-electron chi connectivity index (χ3n) is 5.37. The summed E-state index contributed by atoms with van der Waals surface area (Å²) in [5, 5.41) is 4.88. The van der Waals surface area contributed by atoms with Crippen LogP contribution in [-0.2, 0) is 13.2 Å². The molecule has 4 rings (SSSR count). The summed E-state index contributed by atoms with van der Waals surface area (Å²) < 4.78 is 4.83. The summed E-state index contributed by atoms with van der Waals surface area (Å²) in [4.78, 5) is 8.99. The minimum atomic E-state index is 0.331. The summed E-state index contributed by atoms with van der Waals surface area (Å²) in [6, 6.07) is 15.0. The van der Waals surface area contributed by atoms with E-state index >= 15 is 0 Å². The average Bonchev–Trinajstić information content (AvgIpc) is 3.06. The standard InChI is InChI=1S/C21H26N6S/c1-3-26-20(18-9-11-22-12-10-18)23-27(21(26)28)16-25-14-13-24(2)15-19(25)17-7-5-4-6-8-17/h4-12,19H,3,13-16H2,1-2H3/t19-/m0/s1. The minimum Gasteiger partial charge on any atom is -0.303 e. The largest absolute Gasteiger partial charge is 0.303 e. The van der Waals surface area contributed by atoms with Crippen molar-refractivity contribution in [1.82, 2.24) is 29.1 Å². The maximum absolute atomic E-state index is 5.77. The Hall–Kier alpha value is -2.35. The van der Waals surface area contributed by atoms with Gasteiger partial charge in [0.2, 0.25) is 0 Å². The number of aromatic nitrogens is 4. The Kier molecular flexibility index (Phi) is 5.66. The molecule has 6 nitrogen and oxygen atoms in total. The van der Waals surface area contributed by atoms with Crippen LogP contribution in [0.4, 0.5) is 0 Å². The van der Waals surface area contributed by atoms with Crippen LogP contribution in [0.5, 0.6) is 0 Å². The number of rotatable bonds is 5. The fraction of sp³-hybridized carbons (Fsp3) is 0.381. The molecular weight excluding hydrogens is 368 g/mol. The van der Waals surface area contributed by atoms with Crippen LogP contribution in [0.3, 0.4) is 0 Å². The van der Waals surface area contributed by atoms with E-state index in [-0.39, 0.29) is 0 Å². The van der Waals surface area contributed by atoms with Gasteiger partial charge in [0.05, 0.1) is 6.67 Å². The first-order valence-corrected chi connectivity index (χ1v) is 10.1. The predicted molar refractivity (Wildman–Crippen MR) is 113 cm³/mol. The van der Waals surface area contributed by atoms with Crippen LogP contribution in [0.2, 0.25) is 0 Å². The van der Waals surface area contributed by atoms with E-state index in [9.17, 15) is 0 Å². The van der Waals surface area contributed by atoms with Gasteiger partial charge < -0.3 is 9.47 Å². The van der Waals surface area contributed by atoms with E-state index in [1.165, 1.54) is 5.56 Å². The number of pyridine rings is 1. The Morgan fingerprint density at radius 1 is 1.07 bits per heavy atom. The molecule has 0 aliphatic carbocycles. The van der Waals surface area contributed by atoms with Crippen LogP contribution in [-0.4, -0.2) is 55.8 Å². The molecule has 7 heteroatoms. The molecule has 0 N–H and O–H groups in total. The maximum Gasteiger partial charge on any atom is 0.199 e. The molecule has 1 aliphatic heterocycles. The average molecular weight is 395 g/mol. The van der Waals surface area contributed by atoms with Crippen molar-refractivity contribution in [3.8, 4) is 11.4 Å². The lowest BCUT2D eigenvalue weighted by atomic mass is 10.0. The Morgan fingerprint density at radius 3 is 2.54 bits per heavy atom. The lowest BCUT2D eigenvalue weighted by Gasteiger charge is -2.40. The summed E-state index contributed by atoms with van der Waals surface area (Å²) in [6.07, 6.45) is 3.59. The maximum atomic E-state index is 5.77. The van der Waals surface area contributed by atoms with Crippen molar-refractivity contribution in [2.24, 2.45) is 0 Å². The molecule has 1 saturated heterocycles. The zero-order valence-corrected chi connectivity index (χ0v) is 17.2. The van der Waals surface area contributed by atoms with E-state index < -0.39 is 0 Å². The van der Waals surface area contributed by atoms with E-state index in [1.807, 2.05) is 16.8 Å². The van der Waals surface area contributed by atoms with Crippen LogP contribution < -0.4 is 0 Å². The molecule has 2 aromatic heterocycles. The second-order valence-electron chi connectivity index (χ2n) is 7.23. The zero-order chi connectivity index (χ0) is 19.5. The highest BCUT2D eigenvalue weighted by Crippen LogP contribution is 2.26. The van der Waals surface area contributed by atoms with E-state index in [2.05, 4.69) is 63.7 Å². The molecule has 28 heavy (non-hydrogen) atoms. The van der Waals surface area contributed by atoms with Gasteiger partial charge >= 0.3 is 0 Å². The molecule has 3 aromatic rings. The van der Waals surface area contributed by atoms with Crippen LogP contribution in [0.25, 0.3) is 11.4 Å². The van der Waals surface area contributed by atoms with Gasteiger partial charge in [-0.15, -0.1) is 0 Å². The Bertz CT molecular complexity index is 966. The first kappa shape index (κ1) is 19.0. The van der Waals surface area contributed by atoms with Crippen molar-refractivity contribution >= 4 is 12.2 Å². The van der Waals surface area contributed by atoms with E-state index in [1.54, 1.807) is 12.4 Å². The van der Waals surface area contributed by atoms with Crippen LogP contribution in [0.15, 0.2) is 54.9 Å². The van der Waals surface area contributed by atoms with Gasteiger partial charge in [-0.05, 0) is 43.9 Å². The third kappa shape index (κ3) is 3.78. The van der Waals surface area contributed by atoms with Gasteiger partial charge in [-0.2, -0.15) is 5.10 Å². The molecule has 0 spiro atoms. The Balaban J connectivity index is 1.66. The number of hydrogen-bond acceptors (Lipinski definition) is 5. The normalized spacial score (nSPS) is 18.4. The number of piperazine rings is 1. The molecular formula is C21H26N6S. The first-order chi connectivity index (χ1) is 13.7. The van der Waals surface area contributed by atoms with Gasteiger partial charge in [-0.1, -0.05) is 30.3 Å².